The van der Waals surface area contributed by atoms with Gasteiger partial charge in [-0.25, -0.2) is 4.79 Å². The van der Waals surface area contributed by atoms with Crippen LogP contribution in [0.3, 0.4) is 0 Å². The maximum absolute atomic E-state index is 12.5. The minimum atomic E-state index is -1.14. The van der Waals surface area contributed by atoms with Crippen LogP contribution < -0.4 is 16.4 Å². The van der Waals surface area contributed by atoms with Crippen LogP contribution in [0.25, 0.3) is 0 Å². The predicted octanol–water partition coefficient (Wildman–Crippen LogP) is 1.16. The van der Waals surface area contributed by atoms with Crippen molar-refractivity contribution >= 4 is 23.9 Å². The van der Waals surface area contributed by atoms with Crippen molar-refractivity contribution in [1.82, 2.24) is 10.6 Å². The van der Waals surface area contributed by atoms with E-state index in [-0.39, 0.29) is 25.4 Å². The molecule has 2 atom stereocenters. The van der Waals surface area contributed by atoms with Crippen molar-refractivity contribution in [3.8, 4) is 0 Å². The summed E-state index contributed by atoms with van der Waals surface area (Å²) in [6.45, 7) is 3.78. The molecule has 0 fully saturated rings. The fraction of sp³-hybridized carbons (Fsp3) is 0.474. The maximum Gasteiger partial charge on any atom is 0.408 e. The zero-order chi connectivity index (χ0) is 21.1. The molecule has 1 aromatic carbocycles. The fourth-order valence-electron chi connectivity index (χ4n) is 2.44. The molecule has 0 aliphatic rings. The number of benzene rings is 1. The van der Waals surface area contributed by atoms with E-state index >= 15 is 0 Å². The normalized spacial score (nSPS) is 12.7. The second kappa shape index (κ2) is 11.6. The number of ether oxygens (including phenoxy) is 1. The van der Waals surface area contributed by atoms with Gasteiger partial charge in [0.05, 0.1) is 0 Å². The van der Waals surface area contributed by atoms with E-state index < -0.39 is 36.0 Å². The highest BCUT2D eigenvalue weighted by molar-refractivity contribution is 5.90. The standard InChI is InChI=1S/C19H27N3O6/c1-12(2)10-15(18(26)21-14(17(20)25)8-9-16(23)24)22-19(27)28-11-13-6-4-3-5-7-13/h3-7,12,14-15H,8-11H2,1-2H3,(H2,20,25)(H,21,26)(H,22,27)(H,23,24)/t14-,15-/m0/s1. The molecule has 0 spiro atoms. The fourth-order valence-corrected chi connectivity index (χ4v) is 2.44. The Morgan fingerprint density at radius 2 is 1.71 bits per heavy atom. The minimum absolute atomic E-state index is 0.0468. The molecular formula is C19H27N3O6. The third-order valence-electron chi connectivity index (χ3n) is 3.84. The van der Waals surface area contributed by atoms with Gasteiger partial charge in [-0.05, 0) is 24.3 Å². The number of carboxylic acids is 1. The highest BCUT2D eigenvalue weighted by atomic mass is 16.5. The lowest BCUT2D eigenvalue weighted by Gasteiger charge is -2.22. The van der Waals surface area contributed by atoms with Gasteiger partial charge in [-0.3, -0.25) is 14.4 Å². The number of hydrogen-bond donors (Lipinski definition) is 4. The van der Waals surface area contributed by atoms with Gasteiger partial charge in [0.15, 0.2) is 0 Å². The number of carbonyl (C=O) groups excluding carboxylic acids is 3. The molecule has 154 valence electrons. The Morgan fingerprint density at radius 1 is 1.07 bits per heavy atom. The number of hydrogen-bond acceptors (Lipinski definition) is 5. The van der Waals surface area contributed by atoms with Crippen LogP contribution in [0.4, 0.5) is 4.79 Å². The Balaban J connectivity index is 2.68. The third-order valence-corrected chi connectivity index (χ3v) is 3.84. The zero-order valence-corrected chi connectivity index (χ0v) is 16.0. The van der Waals surface area contributed by atoms with Crippen LogP contribution in [0.15, 0.2) is 30.3 Å². The van der Waals surface area contributed by atoms with Crippen molar-refractivity contribution in [1.29, 1.82) is 0 Å². The Kier molecular flexibility index (Phi) is 9.49. The van der Waals surface area contributed by atoms with Gasteiger partial charge in [0.1, 0.15) is 18.7 Å². The molecule has 0 saturated heterocycles. The molecule has 0 bridgehead atoms. The zero-order valence-electron chi connectivity index (χ0n) is 16.0. The number of carbonyl (C=O) groups is 4. The SMILES string of the molecule is CC(C)C[C@H](NC(=O)OCc1ccccc1)C(=O)N[C@@H](CCC(=O)O)C(N)=O. The van der Waals surface area contributed by atoms with E-state index in [1.54, 1.807) is 12.1 Å². The smallest absolute Gasteiger partial charge is 0.408 e. The first kappa shape index (κ1) is 22.9. The number of nitrogens with two attached hydrogens (primary N) is 1. The molecule has 9 nitrogen and oxygen atoms in total. The summed E-state index contributed by atoms with van der Waals surface area (Å²) < 4.78 is 5.12. The predicted molar refractivity (Wildman–Crippen MR) is 101 cm³/mol. The molecule has 0 aliphatic carbocycles. The van der Waals surface area contributed by atoms with Crippen LogP contribution in [0.5, 0.6) is 0 Å². The van der Waals surface area contributed by atoms with E-state index in [0.29, 0.717) is 6.42 Å². The summed E-state index contributed by atoms with van der Waals surface area (Å²) >= 11 is 0. The van der Waals surface area contributed by atoms with E-state index in [1.807, 2.05) is 32.0 Å². The van der Waals surface area contributed by atoms with Gasteiger partial charge in [-0.2, -0.15) is 0 Å². The van der Waals surface area contributed by atoms with Crippen LogP contribution in [0.1, 0.15) is 38.7 Å². The molecule has 5 N–H and O–H groups in total. The summed E-state index contributed by atoms with van der Waals surface area (Å²) in [5, 5.41) is 13.6. The summed E-state index contributed by atoms with van der Waals surface area (Å²) in [5.41, 5.74) is 6.02. The minimum Gasteiger partial charge on any atom is -0.481 e. The van der Waals surface area contributed by atoms with E-state index in [9.17, 15) is 19.2 Å². The van der Waals surface area contributed by atoms with E-state index in [2.05, 4.69) is 10.6 Å². The monoisotopic (exact) mass is 393 g/mol. The molecular weight excluding hydrogens is 366 g/mol. The molecule has 0 aliphatic heterocycles. The van der Waals surface area contributed by atoms with Crippen molar-refractivity contribution < 1.29 is 29.0 Å². The van der Waals surface area contributed by atoms with Crippen LogP contribution in [0.2, 0.25) is 0 Å². The number of aliphatic carboxylic acids is 1. The highest BCUT2D eigenvalue weighted by Gasteiger charge is 2.27. The summed E-state index contributed by atoms with van der Waals surface area (Å²) in [5.74, 6) is -2.51. The number of rotatable bonds is 11. The Bertz CT molecular complexity index is 678. The topological polar surface area (TPSA) is 148 Å². The summed E-state index contributed by atoms with van der Waals surface area (Å²) in [6.07, 6.45) is -0.930. The van der Waals surface area contributed by atoms with Crippen molar-refractivity contribution in [2.24, 2.45) is 11.7 Å². The second-order valence-electron chi connectivity index (χ2n) is 6.78. The van der Waals surface area contributed by atoms with E-state index in [0.717, 1.165) is 5.56 Å². The van der Waals surface area contributed by atoms with Crippen molar-refractivity contribution in [2.45, 2.75) is 51.8 Å². The molecule has 28 heavy (non-hydrogen) atoms. The molecule has 0 radical (unpaired) electrons. The highest BCUT2D eigenvalue weighted by Crippen LogP contribution is 2.08. The lowest BCUT2D eigenvalue weighted by atomic mass is 10.0. The molecule has 0 saturated carbocycles. The molecule has 0 heterocycles. The van der Waals surface area contributed by atoms with E-state index in [4.69, 9.17) is 15.6 Å². The van der Waals surface area contributed by atoms with Gasteiger partial charge in [0, 0.05) is 6.42 Å². The van der Waals surface area contributed by atoms with Crippen molar-refractivity contribution in [2.75, 3.05) is 0 Å². The first-order valence-corrected chi connectivity index (χ1v) is 8.97. The number of primary amides is 1. The largest absolute Gasteiger partial charge is 0.481 e. The van der Waals surface area contributed by atoms with Crippen molar-refractivity contribution in [3.05, 3.63) is 35.9 Å². The Labute approximate surface area is 163 Å². The average molecular weight is 393 g/mol. The molecule has 9 heteroatoms. The molecule has 0 aromatic heterocycles. The Hall–Kier alpha value is -3.10. The number of alkyl carbamates (subject to hydrolysis) is 1. The van der Waals surface area contributed by atoms with E-state index in [1.165, 1.54) is 0 Å². The third kappa shape index (κ3) is 9.02. The van der Waals surface area contributed by atoms with Gasteiger partial charge >= 0.3 is 12.1 Å². The van der Waals surface area contributed by atoms with Crippen molar-refractivity contribution in [3.63, 3.8) is 0 Å². The van der Waals surface area contributed by atoms with Crippen LogP contribution in [0, 0.1) is 5.92 Å². The number of amides is 3. The molecule has 3 amide bonds. The number of carboxylic acid groups (broad SMARTS) is 1. The van der Waals surface area contributed by atoms with Gasteiger partial charge in [0.25, 0.3) is 0 Å². The van der Waals surface area contributed by atoms with Gasteiger partial charge < -0.3 is 26.2 Å². The van der Waals surface area contributed by atoms with Gasteiger partial charge in [-0.15, -0.1) is 0 Å². The Morgan fingerprint density at radius 3 is 2.25 bits per heavy atom. The molecule has 1 aromatic rings. The molecule has 1 rings (SSSR count). The lowest BCUT2D eigenvalue weighted by Crippen LogP contribution is -2.53. The average Bonchev–Trinajstić information content (AvgIpc) is 2.62. The lowest BCUT2D eigenvalue weighted by molar-refractivity contribution is -0.137. The summed E-state index contributed by atoms with van der Waals surface area (Å²) in [7, 11) is 0. The maximum atomic E-state index is 12.5. The van der Waals surface area contributed by atoms with Crippen LogP contribution in [-0.2, 0) is 25.7 Å². The molecule has 0 unspecified atom stereocenters. The quantitative estimate of drug-likeness (QED) is 0.443. The number of nitrogens with one attached hydrogen (secondary N) is 2. The second-order valence-corrected chi connectivity index (χ2v) is 6.78. The van der Waals surface area contributed by atoms with Gasteiger partial charge in [0.2, 0.25) is 11.8 Å². The van der Waals surface area contributed by atoms with Crippen LogP contribution >= 0.6 is 0 Å². The summed E-state index contributed by atoms with van der Waals surface area (Å²) in [4.78, 5) is 46.7. The van der Waals surface area contributed by atoms with Crippen LogP contribution in [-0.4, -0.2) is 41.1 Å². The first-order valence-electron chi connectivity index (χ1n) is 8.97. The summed E-state index contributed by atoms with van der Waals surface area (Å²) in [6, 6.07) is 6.97. The van der Waals surface area contributed by atoms with Gasteiger partial charge in [-0.1, -0.05) is 44.2 Å². The first-order chi connectivity index (χ1) is 13.2.